The third-order valence-corrected chi connectivity index (χ3v) is 4.96. The quantitative estimate of drug-likeness (QED) is 0.709. The molecule has 10 heteroatoms. The summed E-state index contributed by atoms with van der Waals surface area (Å²) in [5.41, 5.74) is 0.479. The Morgan fingerprint density at radius 2 is 1.90 bits per heavy atom. The molecule has 0 unspecified atom stereocenters. The third-order valence-electron chi connectivity index (χ3n) is 2.55. The van der Waals surface area contributed by atoms with Crippen molar-refractivity contribution in [3.8, 4) is 0 Å². The number of anilines is 1. The minimum absolute atomic E-state index is 0.0426. The number of ether oxygens (including phenoxy) is 1. The van der Waals surface area contributed by atoms with Gasteiger partial charge in [-0.2, -0.15) is 0 Å². The number of primary sulfonamides is 1. The molecule has 0 spiro atoms. The number of nitrogens with two attached hydrogens (primary N) is 1. The first kappa shape index (κ1) is 18.2. The fourth-order valence-electron chi connectivity index (χ4n) is 1.53. The van der Waals surface area contributed by atoms with Crippen LogP contribution in [0.3, 0.4) is 0 Å². The van der Waals surface area contributed by atoms with Crippen LogP contribution >= 0.6 is 11.6 Å². The first-order valence-electron chi connectivity index (χ1n) is 5.98. The van der Waals surface area contributed by atoms with E-state index in [1.807, 2.05) is 0 Å². The van der Waals surface area contributed by atoms with E-state index in [-0.39, 0.29) is 28.0 Å². The van der Waals surface area contributed by atoms with Gasteiger partial charge in [-0.3, -0.25) is 4.72 Å². The third kappa shape index (κ3) is 5.44. The molecule has 7 nitrogen and oxygen atoms in total. The van der Waals surface area contributed by atoms with Crippen LogP contribution in [0.2, 0.25) is 5.02 Å². The van der Waals surface area contributed by atoms with Gasteiger partial charge in [0.1, 0.15) is 0 Å². The van der Waals surface area contributed by atoms with Crippen LogP contribution in [0, 0.1) is 6.92 Å². The van der Waals surface area contributed by atoms with Gasteiger partial charge in [-0.25, -0.2) is 22.0 Å². The monoisotopic (exact) mass is 356 g/mol. The maximum Gasteiger partial charge on any atom is 0.238 e. The molecule has 1 rings (SSSR count). The molecule has 0 radical (unpaired) electrons. The van der Waals surface area contributed by atoms with Crippen LogP contribution in [0.25, 0.3) is 0 Å². The number of sulfonamides is 2. The zero-order chi connectivity index (χ0) is 16.3. The van der Waals surface area contributed by atoms with E-state index in [0.717, 1.165) is 6.07 Å². The van der Waals surface area contributed by atoms with E-state index in [0.29, 0.717) is 12.2 Å². The fraction of sp³-hybridized carbons (Fsp3) is 0.455. The van der Waals surface area contributed by atoms with E-state index in [9.17, 15) is 16.8 Å². The van der Waals surface area contributed by atoms with Gasteiger partial charge in [0.15, 0.2) is 0 Å². The number of nitrogens with one attached hydrogen (secondary N) is 1. The molecule has 0 aliphatic carbocycles. The standard InChI is InChI=1S/C11H17ClN2O5S2/c1-3-19-4-5-20(15,16)14-11-8(2)6-9(7-10(11)12)21(13,17)18/h6-7,14H,3-5H2,1-2H3,(H2,13,17,18). The van der Waals surface area contributed by atoms with Crippen LogP contribution in [0.4, 0.5) is 5.69 Å². The Kier molecular flexibility index (Phi) is 6.00. The second-order valence-electron chi connectivity index (χ2n) is 4.26. The highest BCUT2D eigenvalue weighted by molar-refractivity contribution is 7.92. The molecule has 0 saturated carbocycles. The van der Waals surface area contributed by atoms with Crippen molar-refractivity contribution in [2.45, 2.75) is 18.7 Å². The lowest BCUT2D eigenvalue weighted by Gasteiger charge is -2.13. The zero-order valence-corrected chi connectivity index (χ0v) is 14.0. The summed E-state index contributed by atoms with van der Waals surface area (Å²) in [6, 6.07) is 2.35. The Morgan fingerprint density at radius 3 is 2.38 bits per heavy atom. The summed E-state index contributed by atoms with van der Waals surface area (Å²) >= 11 is 5.93. The van der Waals surface area contributed by atoms with Gasteiger partial charge >= 0.3 is 0 Å². The van der Waals surface area contributed by atoms with E-state index in [1.54, 1.807) is 6.92 Å². The van der Waals surface area contributed by atoms with Crippen molar-refractivity contribution >= 4 is 37.3 Å². The summed E-state index contributed by atoms with van der Waals surface area (Å²) in [5.74, 6) is -0.229. The second-order valence-corrected chi connectivity index (χ2v) is 8.07. The van der Waals surface area contributed by atoms with Crippen molar-refractivity contribution in [2.24, 2.45) is 5.14 Å². The SMILES string of the molecule is CCOCCS(=O)(=O)Nc1c(C)cc(S(N)(=O)=O)cc1Cl. The van der Waals surface area contributed by atoms with Crippen molar-refractivity contribution < 1.29 is 21.6 Å². The van der Waals surface area contributed by atoms with Crippen LogP contribution in [0.5, 0.6) is 0 Å². The molecule has 1 aromatic carbocycles. The molecule has 120 valence electrons. The Hall–Kier alpha value is -0.870. The van der Waals surface area contributed by atoms with Crippen LogP contribution in [-0.4, -0.2) is 35.8 Å². The van der Waals surface area contributed by atoms with E-state index in [1.165, 1.54) is 13.0 Å². The molecule has 0 fully saturated rings. The van der Waals surface area contributed by atoms with E-state index < -0.39 is 20.0 Å². The lowest BCUT2D eigenvalue weighted by atomic mass is 10.2. The number of rotatable bonds is 7. The lowest BCUT2D eigenvalue weighted by molar-refractivity contribution is 0.163. The second kappa shape index (κ2) is 6.93. The van der Waals surface area contributed by atoms with Crippen molar-refractivity contribution in [3.63, 3.8) is 0 Å². The molecule has 21 heavy (non-hydrogen) atoms. The minimum atomic E-state index is -3.91. The predicted molar refractivity (Wildman–Crippen MR) is 81.5 cm³/mol. The molecule has 1 aromatic rings. The van der Waals surface area contributed by atoms with Crippen LogP contribution in [0.15, 0.2) is 17.0 Å². The molecule has 0 aliphatic heterocycles. The molecular formula is C11H17ClN2O5S2. The summed E-state index contributed by atoms with van der Waals surface area (Å²) in [6.07, 6.45) is 0. The molecule has 0 amide bonds. The maximum absolute atomic E-state index is 11.9. The molecule has 0 aromatic heterocycles. The number of aryl methyl sites for hydroxylation is 1. The zero-order valence-electron chi connectivity index (χ0n) is 11.6. The first-order valence-corrected chi connectivity index (χ1v) is 9.55. The first-order chi connectivity index (χ1) is 9.57. The molecule has 0 aliphatic rings. The van der Waals surface area contributed by atoms with Crippen LogP contribution < -0.4 is 9.86 Å². The van der Waals surface area contributed by atoms with Crippen LogP contribution in [0.1, 0.15) is 12.5 Å². The largest absolute Gasteiger partial charge is 0.381 e. The van der Waals surface area contributed by atoms with E-state index in [4.69, 9.17) is 21.5 Å². The van der Waals surface area contributed by atoms with E-state index in [2.05, 4.69) is 4.72 Å². The number of halogens is 1. The average molecular weight is 357 g/mol. The Morgan fingerprint density at radius 1 is 1.29 bits per heavy atom. The Balaban J connectivity index is 3.05. The molecular weight excluding hydrogens is 340 g/mol. The van der Waals surface area contributed by atoms with Crippen molar-refractivity contribution in [1.29, 1.82) is 0 Å². The van der Waals surface area contributed by atoms with Gasteiger partial charge in [0.2, 0.25) is 20.0 Å². The molecule has 0 atom stereocenters. The van der Waals surface area contributed by atoms with Crippen LogP contribution in [-0.2, 0) is 24.8 Å². The number of benzene rings is 1. The lowest BCUT2D eigenvalue weighted by Crippen LogP contribution is -2.21. The summed E-state index contributed by atoms with van der Waals surface area (Å²) in [7, 11) is -7.55. The van der Waals surface area contributed by atoms with Gasteiger partial charge in [0.25, 0.3) is 0 Å². The van der Waals surface area contributed by atoms with Crippen molar-refractivity contribution in [2.75, 3.05) is 23.7 Å². The molecule has 0 heterocycles. The Bertz CT molecular complexity index is 693. The normalized spacial score (nSPS) is 12.4. The molecule has 3 N–H and O–H groups in total. The average Bonchev–Trinajstić information content (AvgIpc) is 2.32. The smallest absolute Gasteiger partial charge is 0.238 e. The van der Waals surface area contributed by atoms with Gasteiger partial charge in [-0.1, -0.05) is 11.6 Å². The van der Waals surface area contributed by atoms with Gasteiger partial charge in [0, 0.05) is 6.61 Å². The summed E-state index contributed by atoms with van der Waals surface area (Å²) in [6.45, 7) is 3.75. The highest BCUT2D eigenvalue weighted by atomic mass is 35.5. The van der Waals surface area contributed by atoms with Crippen molar-refractivity contribution in [3.05, 3.63) is 22.7 Å². The van der Waals surface area contributed by atoms with E-state index >= 15 is 0 Å². The summed E-state index contributed by atoms with van der Waals surface area (Å²) in [5, 5.41) is 4.97. The topological polar surface area (TPSA) is 116 Å². The van der Waals surface area contributed by atoms with Gasteiger partial charge in [-0.15, -0.1) is 0 Å². The minimum Gasteiger partial charge on any atom is -0.381 e. The van der Waals surface area contributed by atoms with Crippen molar-refractivity contribution in [1.82, 2.24) is 0 Å². The molecule has 0 saturated heterocycles. The summed E-state index contributed by atoms with van der Waals surface area (Å²) < 4.78 is 53.6. The van der Waals surface area contributed by atoms with Gasteiger partial charge in [0.05, 0.1) is 28.0 Å². The highest BCUT2D eigenvalue weighted by Gasteiger charge is 2.18. The number of hydrogen-bond donors (Lipinski definition) is 2. The Labute approximate surface area is 129 Å². The number of hydrogen-bond acceptors (Lipinski definition) is 5. The van der Waals surface area contributed by atoms with Gasteiger partial charge < -0.3 is 4.74 Å². The van der Waals surface area contributed by atoms with Gasteiger partial charge in [-0.05, 0) is 31.5 Å². The highest BCUT2D eigenvalue weighted by Crippen LogP contribution is 2.29. The fourth-order valence-corrected chi connectivity index (χ4v) is 3.60. The predicted octanol–water partition coefficient (Wildman–Crippen LogP) is 1.07. The summed E-state index contributed by atoms with van der Waals surface area (Å²) in [4.78, 5) is -0.178. The maximum atomic E-state index is 11.9. The molecule has 0 bridgehead atoms.